The van der Waals surface area contributed by atoms with E-state index in [9.17, 15) is 18.0 Å². The first-order valence-corrected chi connectivity index (χ1v) is 7.51. The summed E-state index contributed by atoms with van der Waals surface area (Å²) >= 11 is 0. The molecule has 9 heteroatoms. The lowest BCUT2D eigenvalue weighted by Crippen LogP contribution is -2.35. The molecule has 140 valence electrons. The molecule has 0 radical (unpaired) electrons. The fourth-order valence-electron chi connectivity index (χ4n) is 1.58. The number of amides is 1. The van der Waals surface area contributed by atoms with Gasteiger partial charge in [0.05, 0.1) is 19.9 Å². The van der Waals surface area contributed by atoms with Crippen molar-refractivity contribution in [3.63, 3.8) is 0 Å². The summed E-state index contributed by atoms with van der Waals surface area (Å²) in [7, 11) is 1.50. The quantitative estimate of drug-likeness (QED) is 0.542. The molecule has 0 fully saturated rings. The zero-order valence-electron chi connectivity index (χ0n) is 14.2. The first-order chi connectivity index (χ1) is 11.7. The van der Waals surface area contributed by atoms with Crippen LogP contribution in [0.1, 0.15) is 19.4 Å². The lowest BCUT2D eigenvalue weighted by atomic mass is 10.2. The van der Waals surface area contributed by atoms with Crippen LogP contribution in [0.25, 0.3) is 0 Å². The van der Waals surface area contributed by atoms with E-state index < -0.39 is 25.2 Å². The molecule has 0 aliphatic rings. The minimum atomic E-state index is -4.46. The first kappa shape index (κ1) is 20.6. The van der Waals surface area contributed by atoms with Crippen LogP contribution in [0.3, 0.4) is 0 Å². The molecule has 0 aliphatic carbocycles. The second-order valence-electron chi connectivity index (χ2n) is 5.52. The van der Waals surface area contributed by atoms with Crippen molar-refractivity contribution >= 4 is 12.1 Å². The molecule has 0 saturated carbocycles. The van der Waals surface area contributed by atoms with Gasteiger partial charge in [0.15, 0.2) is 18.1 Å². The zero-order valence-corrected chi connectivity index (χ0v) is 14.2. The number of hydrogen-bond acceptors (Lipinski definition) is 5. The standard InChI is InChI=1S/C16H21F3N2O4/c1-11(2)8-24-13-5-4-12(6-14(13)23-3)7-21-25-9-15(22)20-10-16(17,18)19/h4-7,11H,8-10H2,1-3H3,(H,20,22)/b21-7-. The number of oxime groups is 1. The SMILES string of the molecule is COc1cc(/C=N\OCC(=O)NCC(F)(F)F)ccc1OCC(C)C. The molecule has 0 bridgehead atoms. The Morgan fingerprint density at radius 3 is 2.64 bits per heavy atom. The van der Waals surface area contributed by atoms with Crippen molar-refractivity contribution in [1.29, 1.82) is 0 Å². The molecule has 0 heterocycles. The van der Waals surface area contributed by atoms with Gasteiger partial charge < -0.3 is 19.6 Å². The highest BCUT2D eigenvalue weighted by Crippen LogP contribution is 2.28. The van der Waals surface area contributed by atoms with Crippen LogP contribution < -0.4 is 14.8 Å². The first-order valence-electron chi connectivity index (χ1n) is 7.51. The van der Waals surface area contributed by atoms with Gasteiger partial charge in [0.1, 0.15) is 6.54 Å². The summed E-state index contributed by atoms with van der Waals surface area (Å²) in [5.41, 5.74) is 0.615. The molecule has 1 N–H and O–H groups in total. The number of nitrogens with zero attached hydrogens (tertiary/aromatic N) is 1. The van der Waals surface area contributed by atoms with Gasteiger partial charge in [-0.25, -0.2) is 0 Å². The number of ether oxygens (including phenoxy) is 2. The fourth-order valence-corrected chi connectivity index (χ4v) is 1.58. The summed E-state index contributed by atoms with van der Waals surface area (Å²) in [5.74, 6) is 0.542. The molecule has 0 saturated heterocycles. The van der Waals surface area contributed by atoms with Crippen molar-refractivity contribution in [2.75, 3.05) is 26.9 Å². The van der Waals surface area contributed by atoms with E-state index in [4.69, 9.17) is 9.47 Å². The Morgan fingerprint density at radius 1 is 1.32 bits per heavy atom. The van der Waals surface area contributed by atoms with E-state index in [0.717, 1.165) is 0 Å². The second-order valence-corrected chi connectivity index (χ2v) is 5.52. The monoisotopic (exact) mass is 362 g/mol. The number of carbonyl (C=O) groups is 1. The van der Waals surface area contributed by atoms with Crippen LogP contribution in [-0.4, -0.2) is 45.2 Å². The number of nitrogens with one attached hydrogen (secondary N) is 1. The number of methoxy groups -OCH3 is 1. The molecular formula is C16H21F3N2O4. The van der Waals surface area contributed by atoms with Gasteiger partial charge in [-0.2, -0.15) is 13.2 Å². The zero-order chi connectivity index (χ0) is 18.9. The van der Waals surface area contributed by atoms with Crippen molar-refractivity contribution < 1.29 is 32.3 Å². The number of alkyl halides is 3. The third kappa shape index (κ3) is 8.83. The van der Waals surface area contributed by atoms with Crippen LogP contribution in [0.15, 0.2) is 23.4 Å². The Bertz CT molecular complexity index is 589. The molecule has 0 aromatic heterocycles. The van der Waals surface area contributed by atoms with Gasteiger partial charge in [-0.1, -0.05) is 19.0 Å². The van der Waals surface area contributed by atoms with Gasteiger partial charge in [0, 0.05) is 5.56 Å². The molecule has 1 aromatic rings. The molecule has 0 unspecified atom stereocenters. The predicted octanol–water partition coefficient (Wildman–Crippen LogP) is 2.76. The molecule has 0 aliphatic heterocycles. The molecule has 0 atom stereocenters. The van der Waals surface area contributed by atoms with Crippen LogP contribution in [0.5, 0.6) is 11.5 Å². The second kappa shape index (κ2) is 9.75. The van der Waals surface area contributed by atoms with Crippen molar-refractivity contribution in [2.24, 2.45) is 11.1 Å². The van der Waals surface area contributed by atoms with E-state index >= 15 is 0 Å². The molecule has 0 spiro atoms. The van der Waals surface area contributed by atoms with Crippen molar-refractivity contribution in [3.05, 3.63) is 23.8 Å². The Hall–Kier alpha value is -2.45. The normalized spacial score (nSPS) is 11.6. The summed E-state index contributed by atoms with van der Waals surface area (Å²) in [6.07, 6.45) is -3.15. The topological polar surface area (TPSA) is 69.2 Å². The fraction of sp³-hybridized carbons (Fsp3) is 0.500. The maximum atomic E-state index is 11.9. The molecule has 1 amide bonds. The van der Waals surface area contributed by atoms with Crippen LogP contribution in [0.2, 0.25) is 0 Å². The summed E-state index contributed by atoms with van der Waals surface area (Å²) in [5, 5.41) is 5.21. The maximum Gasteiger partial charge on any atom is 0.405 e. The van der Waals surface area contributed by atoms with Crippen LogP contribution in [0, 0.1) is 5.92 Å². The van der Waals surface area contributed by atoms with Gasteiger partial charge in [0.2, 0.25) is 0 Å². The Balaban J connectivity index is 2.50. The summed E-state index contributed by atoms with van der Waals surface area (Å²) in [6, 6.07) is 5.07. The lowest BCUT2D eigenvalue weighted by Gasteiger charge is -2.12. The summed E-state index contributed by atoms with van der Waals surface area (Å²) < 4.78 is 46.6. The maximum absolute atomic E-state index is 11.9. The number of rotatable bonds is 9. The number of halogens is 3. The van der Waals surface area contributed by atoms with E-state index in [1.54, 1.807) is 23.5 Å². The van der Waals surface area contributed by atoms with Gasteiger partial charge in [0.25, 0.3) is 5.91 Å². The average molecular weight is 362 g/mol. The van der Waals surface area contributed by atoms with E-state index in [2.05, 4.69) is 9.99 Å². The Kier molecular flexibility index (Phi) is 8.03. The number of benzene rings is 1. The Labute approximate surface area is 143 Å². The highest BCUT2D eigenvalue weighted by atomic mass is 19.4. The van der Waals surface area contributed by atoms with Gasteiger partial charge in [-0.3, -0.25) is 4.79 Å². The van der Waals surface area contributed by atoms with Crippen LogP contribution >= 0.6 is 0 Å². The van der Waals surface area contributed by atoms with E-state index in [-0.39, 0.29) is 0 Å². The van der Waals surface area contributed by atoms with Gasteiger partial charge in [-0.15, -0.1) is 0 Å². The van der Waals surface area contributed by atoms with E-state index in [0.29, 0.717) is 29.6 Å². The van der Waals surface area contributed by atoms with E-state index in [1.165, 1.54) is 13.3 Å². The molecule has 6 nitrogen and oxygen atoms in total. The largest absolute Gasteiger partial charge is 0.493 e. The van der Waals surface area contributed by atoms with Gasteiger partial charge in [-0.05, 0) is 24.1 Å². The summed E-state index contributed by atoms with van der Waals surface area (Å²) in [4.78, 5) is 15.8. The highest BCUT2D eigenvalue weighted by molar-refractivity contribution is 5.81. The average Bonchev–Trinajstić information content (AvgIpc) is 2.54. The number of hydrogen-bond donors (Lipinski definition) is 1. The predicted molar refractivity (Wildman–Crippen MR) is 85.9 cm³/mol. The van der Waals surface area contributed by atoms with Crippen molar-refractivity contribution in [2.45, 2.75) is 20.0 Å². The third-order valence-corrected chi connectivity index (χ3v) is 2.72. The lowest BCUT2D eigenvalue weighted by molar-refractivity contribution is -0.141. The minimum absolute atomic E-state index is 0.364. The third-order valence-electron chi connectivity index (χ3n) is 2.72. The molecular weight excluding hydrogens is 341 g/mol. The molecule has 25 heavy (non-hydrogen) atoms. The molecule has 1 rings (SSSR count). The van der Waals surface area contributed by atoms with Gasteiger partial charge >= 0.3 is 6.18 Å². The Morgan fingerprint density at radius 2 is 2.04 bits per heavy atom. The number of carbonyl (C=O) groups excluding carboxylic acids is 1. The van der Waals surface area contributed by atoms with Crippen LogP contribution in [-0.2, 0) is 9.63 Å². The smallest absolute Gasteiger partial charge is 0.405 e. The summed E-state index contributed by atoms with van der Waals surface area (Å²) in [6.45, 7) is 2.57. The molecule has 1 aromatic carbocycles. The van der Waals surface area contributed by atoms with E-state index in [1.807, 2.05) is 13.8 Å². The highest BCUT2D eigenvalue weighted by Gasteiger charge is 2.27. The minimum Gasteiger partial charge on any atom is -0.493 e. The van der Waals surface area contributed by atoms with Crippen molar-refractivity contribution in [1.82, 2.24) is 5.32 Å². The van der Waals surface area contributed by atoms with Crippen LogP contribution in [0.4, 0.5) is 13.2 Å². The van der Waals surface area contributed by atoms with Crippen molar-refractivity contribution in [3.8, 4) is 11.5 Å².